The summed E-state index contributed by atoms with van der Waals surface area (Å²) in [4.78, 5) is 37.9. The molecule has 0 spiro atoms. The third-order valence-electron chi connectivity index (χ3n) is 6.34. The summed E-state index contributed by atoms with van der Waals surface area (Å²) in [6.07, 6.45) is 3.60. The minimum Gasteiger partial charge on any atom is -0.454 e. The van der Waals surface area contributed by atoms with Crippen LogP contribution in [0.15, 0.2) is 77.6 Å². The van der Waals surface area contributed by atoms with Gasteiger partial charge in [-0.15, -0.1) is 0 Å². The number of ether oxygens (including phenoxy) is 1. The maximum absolute atomic E-state index is 13.4. The molecule has 0 bridgehead atoms. The summed E-state index contributed by atoms with van der Waals surface area (Å²) in [5.74, 6) is -0.220. The SMILES string of the molecule is O=C(OCc1nc2cc(Cl)ccc2c(=O)[nH]1)c1c2c(nc3ccccc13)/C(=C/c1ccccc1)CC2. The molecule has 1 aliphatic carbocycles. The van der Waals surface area contributed by atoms with E-state index in [0.717, 1.165) is 39.7 Å². The number of nitrogens with zero attached hydrogens (tertiary/aromatic N) is 2. The van der Waals surface area contributed by atoms with Crippen molar-refractivity contribution in [1.82, 2.24) is 15.0 Å². The lowest BCUT2D eigenvalue weighted by atomic mass is 10.0. The molecule has 0 radical (unpaired) electrons. The average Bonchev–Trinajstić information content (AvgIpc) is 3.28. The molecule has 5 aromatic rings. The second-order valence-corrected chi connectivity index (χ2v) is 9.10. The molecular formula is C29H20ClN3O3. The zero-order chi connectivity index (χ0) is 24.6. The quantitative estimate of drug-likeness (QED) is 0.312. The van der Waals surface area contributed by atoms with E-state index >= 15 is 0 Å². The van der Waals surface area contributed by atoms with E-state index in [1.165, 1.54) is 0 Å². The summed E-state index contributed by atoms with van der Waals surface area (Å²) in [6.45, 7) is -0.172. The van der Waals surface area contributed by atoms with Crippen LogP contribution < -0.4 is 5.56 Å². The number of carbonyl (C=O) groups excluding carboxylic acids is 1. The van der Waals surface area contributed by atoms with Gasteiger partial charge in [-0.05, 0) is 59.9 Å². The fourth-order valence-electron chi connectivity index (χ4n) is 4.70. The Balaban J connectivity index is 1.37. The fourth-order valence-corrected chi connectivity index (χ4v) is 4.86. The highest BCUT2D eigenvalue weighted by atomic mass is 35.5. The Bertz CT molecular complexity index is 1740. The molecule has 0 unspecified atom stereocenters. The second-order valence-electron chi connectivity index (χ2n) is 8.66. The van der Waals surface area contributed by atoms with Crippen molar-refractivity contribution in [3.8, 4) is 0 Å². The molecule has 3 aromatic carbocycles. The normalized spacial score (nSPS) is 13.9. The number of H-pyrrole nitrogens is 1. The van der Waals surface area contributed by atoms with Gasteiger partial charge in [-0.2, -0.15) is 0 Å². The van der Waals surface area contributed by atoms with Gasteiger partial charge in [0.25, 0.3) is 5.56 Å². The number of esters is 1. The molecule has 0 amide bonds. The van der Waals surface area contributed by atoms with Gasteiger partial charge in [0.1, 0.15) is 12.4 Å². The molecule has 0 atom stereocenters. The van der Waals surface area contributed by atoms with Crippen LogP contribution >= 0.6 is 11.6 Å². The van der Waals surface area contributed by atoms with Crippen LogP contribution in [0, 0.1) is 0 Å². The number of aromatic amines is 1. The highest BCUT2D eigenvalue weighted by molar-refractivity contribution is 6.31. The van der Waals surface area contributed by atoms with Gasteiger partial charge in [-0.25, -0.2) is 14.8 Å². The van der Waals surface area contributed by atoms with Gasteiger partial charge in [-0.3, -0.25) is 4.79 Å². The molecule has 0 saturated carbocycles. The Morgan fingerprint density at radius 2 is 1.75 bits per heavy atom. The highest BCUT2D eigenvalue weighted by Gasteiger charge is 2.27. The van der Waals surface area contributed by atoms with Crippen LogP contribution in [0.1, 0.15) is 39.4 Å². The number of para-hydroxylation sites is 1. The first-order chi connectivity index (χ1) is 17.6. The van der Waals surface area contributed by atoms with E-state index in [9.17, 15) is 9.59 Å². The van der Waals surface area contributed by atoms with Gasteiger partial charge in [0.05, 0.1) is 27.7 Å². The highest BCUT2D eigenvalue weighted by Crippen LogP contribution is 2.37. The average molecular weight is 494 g/mol. The van der Waals surface area contributed by atoms with Crippen molar-refractivity contribution in [2.45, 2.75) is 19.4 Å². The zero-order valence-electron chi connectivity index (χ0n) is 19.1. The molecule has 0 aliphatic heterocycles. The van der Waals surface area contributed by atoms with Crippen LogP contribution in [0.3, 0.4) is 0 Å². The number of allylic oxidation sites excluding steroid dienone is 1. The Labute approximate surface area is 211 Å². The number of pyridine rings is 1. The number of hydrogen-bond donors (Lipinski definition) is 1. The lowest BCUT2D eigenvalue weighted by molar-refractivity contribution is 0.0463. The van der Waals surface area contributed by atoms with Crippen LogP contribution in [0.4, 0.5) is 0 Å². The van der Waals surface area contributed by atoms with Gasteiger partial charge in [0.15, 0.2) is 0 Å². The maximum Gasteiger partial charge on any atom is 0.339 e. The van der Waals surface area contributed by atoms with Gasteiger partial charge in [0, 0.05) is 10.4 Å². The summed E-state index contributed by atoms with van der Waals surface area (Å²) in [5.41, 5.74) is 5.27. The van der Waals surface area contributed by atoms with Gasteiger partial charge >= 0.3 is 5.97 Å². The number of hydrogen-bond acceptors (Lipinski definition) is 5. The van der Waals surface area contributed by atoms with Gasteiger partial charge in [-0.1, -0.05) is 60.1 Å². The van der Waals surface area contributed by atoms with E-state index in [1.807, 2.05) is 54.6 Å². The lowest BCUT2D eigenvalue weighted by Gasteiger charge is -2.12. The molecule has 6 rings (SSSR count). The molecular weight excluding hydrogens is 474 g/mol. The molecule has 1 N–H and O–H groups in total. The molecule has 0 saturated heterocycles. The number of carbonyl (C=O) groups is 1. The molecule has 2 heterocycles. The molecule has 2 aromatic heterocycles. The van der Waals surface area contributed by atoms with Crippen molar-refractivity contribution in [1.29, 1.82) is 0 Å². The summed E-state index contributed by atoms with van der Waals surface area (Å²) in [5, 5.41) is 1.64. The number of nitrogens with one attached hydrogen (secondary N) is 1. The van der Waals surface area contributed by atoms with Crippen molar-refractivity contribution < 1.29 is 9.53 Å². The van der Waals surface area contributed by atoms with Gasteiger partial charge in [0.2, 0.25) is 0 Å². The summed E-state index contributed by atoms with van der Waals surface area (Å²) in [6, 6.07) is 22.5. The second kappa shape index (κ2) is 9.06. The number of aromatic nitrogens is 3. The molecule has 0 fully saturated rings. The molecule has 176 valence electrons. The lowest BCUT2D eigenvalue weighted by Crippen LogP contribution is -2.15. The van der Waals surface area contributed by atoms with Crippen molar-refractivity contribution in [2.24, 2.45) is 0 Å². The summed E-state index contributed by atoms with van der Waals surface area (Å²) in [7, 11) is 0. The van der Waals surface area contributed by atoms with E-state index in [1.54, 1.807) is 18.2 Å². The number of benzene rings is 3. The van der Waals surface area contributed by atoms with Crippen LogP contribution in [0.5, 0.6) is 0 Å². The van der Waals surface area contributed by atoms with Crippen LogP contribution in [0.2, 0.25) is 5.02 Å². The van der Waals surface area contributed by atoms with Crippen molar-refractivity contribution in [3.05, 3.63) is 116 Å². The van der Waals surface area contributed by atoms with E-state index < -0.39 is 5.97 Å². The van der Waals surface area contributed by atoms with Gasteiger partial charge < -0.3 is 9.72 Å². The van der Waals surface area contributed by atoms with Crippen LogP contribution in [-0.2, 0) is 17.8 Å². The van der Waals surface area contributed by atoms with E-state index in [4.69, 9.17) is 21.3 Å². The predicted octanol–water partition coefficient (Wildman–Crippen LogP) is 5.97. The number of rotatable bonds is 4. The van der Waals surface area contributed by atoms with Crippen molar-refractivity contribution in [3.63, 3.8) is 0 Å². The summed E-state index contributed by atoms with van der Waals surface area (Å²) < 4.78 is 5.68. The number of halogens is 1. The van der Waals surface area contributed by atoms with E-state index in [2.05, 4.69) is 16.0 Å². The van der Waals surface area contributed by atoms with Crippen LogP contribution in [0.25, 0.3) is 33.5 Å². The largest absolute Gasteiger partial charge is 0.454 e. The van der Waals surface area contributed by atoms with Crippen molar-refractivity contribution in [2.75, 3.05) is 0 Å². The van der Waals surface area contributed by atoms with Crippen molar-refractivity contribution >= 4 is 51.0 Å². The molecule has 6 nitrogen and oxygen atoms in total. The third kappa shape index (κ3) is 4.06. The topological polar surface area (TPSA) is 84.9 Å². The molecule has 7 heteroatoms. The standard InChI is InChI=1S/C29H20ClN3O3/c30-19-11-13-21-24(15-19)31-25(33-28(21)34)16-36-29(35)26-20-8-4-5-9-23(20)32-27-18(10-12-22(26)27)14-17-6-2-1-3-7-17/h1-9,11,13-15H,10,12,16H2,(H,31,33,34)/b18-14+. The monoisotopic (exact) mass is 493 g/mol. The first-order valence-electron chi connectivity index (χ1n) is 11.6. The zero-order valence-corrected chi connectivity index (χ0v) is 19.9. The summed E-state index contributed by atoms with van der Waals surface area (Å²) >= 11 is 6.06. The minimum absolute atomic E-state index is 0.172. The number of fused-ring (bicyclic) bond motifs is 3. The maximum atomic E-state index is 13.4. The Morgan fingerprint density at radius 3 is 2.61 bits per heavy atom. The Morgan fingerprint density at radius 1 is 0.944 bits per heavy atom. The minimum atomic E-state index is -0.473. The molecule has 36 heavy (non-hydrogen) atoms. The molecule has 1 aliphatic rings. The Hall–Kier alpha value is -4.29. The first-order valence-corrected chi connectivity index (χ1v) is 12.0. The Kier molecular flexibility index (Phi) is 5.58. The van der Waals surface area contributed by atoms with E-state index in [-0.39, 0.29) is 18.0 Å². The predicted molar refractivity (Wildman–Crippen MR) is 141 cm³/mol. The fraction of sp³-hybridized carbons (Fsp3) is 0.103. The third-order valence-corrected chi connectivity index (χ3v) is 6.58. The smallest absolute Gasteiger partial charge is 0.339 e. The van der Waals surface area contributed by atoms with Crippen LogP contribution in [-0.4, -0.2) is 20.9 Å². The van der Waals surface area contributed by atoms with E-state index in [0.29, 0.717) is 27.9 Å². The first kappa shape index (κ1) is 22.2.